The molecule has 0 aliphatic rings. The van der Waals surface area contributed by atoms with Crippen LogP contribution in [-0.2, 0) is 11.3 Å². The van der Waals surface area contributed by atoms with E-state index in [1.165, 1.54) is 11.1 Å². The first-order chi connectivity index (χ1) is 7.56. The van der Waals surface area contributed by atoms with Gasteiger partial charge >= 0.3 is 0 Å². The van der Waals surface area contributed by atoms with Crippen LogP contribution in [0.2, 0.25) is 0 Å². The van der Waals surface area contributed by atoms with Crippen molar-refractivity contribution in [2.24, 2.45) is 11.7 Å². The third-order valence-corrected chi connectivity index (χ3v) is 3.88. The normalized spacial score (nSPS) is 14.5. The first-order valence-corrected chi connectivity index (χ1v) is 6.55. The lowest BCUT2D eigenvalue weighted by atomic mass is 9.99. The molecule has 1 aromatic heterocycles. The standard InChI is InChI=1S/C12H20N2OS/c1-4-8(2)11(13)12(15)14-5-10-7-16-6-9(10)3/h6-8,11H,4-5,13H2,1-3H3,(H,14,15)/t8?,11-/m0/s1. The lowest BCUT2D eigenvalue weighted by Gasteiger charge is -2.17. The van der Waals surface area contributed by atoms with Crippen LogP contribution < -0.4 is 11.1 Å². The Morgan fingerprint density at radius 1 is 1.56 bits per heavy atom. The molecule has 0 aliphatic carbocycles. The number of nitrogens with one attached hydrogen (secondary N) is 1. The van der Waals surface area contributed by atoms with Crippen LogP contribution in [0.25, 0.3) is 0 Å². The van der Waals surface area contributed by atoms with Gasteiger partial charge in [0.05, 0.1) is 6.04 Å². The molecule has 0 aromatic carbocycles. The molecule has 0 saturated carbocycles. The summed E-state index contributed by atoms with van der Waals surface area (Å²) in [5.74, 6) is 0.170. The van der Waals surface area contributed by atoms with Crippen LogP contribution in [0.1, 0.15) is 31.4 Å². The Balaban J connectivity index is 2.44. The minimum atomic E-state index is -0.399. The minimum Gasteiger partial charge on any atom is -0.351 e. The van der Waals surface area contributed by atoms with Gasteiger partial charge in [-0.2, -0.15) is 11.3 Å². The van der Waals surface area contributed by atoms with Gasteiger partial charge in [-0.3, -0.25) is 4.79 Å². The number of carbonyl (C=O) groups is 1. The summed E-state index contributed by atoms with van der Waals surface area (Å²) < 4.78 is 0. The number of hydrogen-bond acceptors (Lipinski definition) is 3. The molecular formula is C12H20N2OS. The zero-order chi connectivity index (χ0) is 12.1. The smallest absolute Gasteiger partial charge is 0.237 e. The summed E-state index contributed by atoms with van der Waals surface area (Å²) in [6, 6.07) is -0.399. The molecule has 0 aliphatic heterocycles. The maximum atomic E-state index is 11.7. The molecule has 1 aromatic rings. The van der Waals surface area contributed by atoms with Crippen molar-refractivity contribution in [1.82, 2.24) is 5.32 Å². The summed E-state index contributed by atoms with van der Waals surface area (Å²) in [5.41, 5.74) is 8.24. The van der Waals surface area contributed by atoms with E-state index in [1.807, 2.05) is 20.8 Å². The van der Waals surface area contributed by atoms with E-state index >= 15 is 0 Å². The van der Waals surface area contributed by atoms with Crippen molar-refractivity contribution in [1.29, 1.82) is 0 Å². The molecule has 0 spiro atoms. The van der Waals surface area contributed by atoms with Crippen LogP contribution in [0.4, 0.5) is 0 Å². The summed E-state index contributed by atoms with van der Waals surface area (Å²) in [6.07, 6.45) is 0.923. The zero-order valence-corrected chi connectivity index (χ0v) is 10.9. The molecule has 16 heavy (non-hydrogen) atoms. The van der Waals surface area contributed by atoms with Gasteiger partial charge in [0.2, 0.25) is 5.91 Å². The number of amides is 1. The van der Waals surface area contributed by atoms with Crippen molar-refractivity contribution in [2.75, 3.05) is 0 Å². The highest BCUT2D eigenvalue weighted by Gasteiger charge is 2.18. The molecule has 90 valence electrons. The Morgan fingerprint density at radius 2 is 2.25 bits per heavy atom. The van der Waals surface area contributed by atoms with Gasteiger partial charge in [-0.1, -0.05) is 20.3 Å². The molecule has 1 rings (SSSR count). The number of aryl methyl sites for hydroxylation is 1. The first-order valence-electron chi connectivity index (χ1n) is 5.61. The van der Waals surface area contributed by atoms with Gasteiger partial charge in [-0.15, -0.1) is 0 Å². The predicted molar refractivity (Wildman–Crippen MR) is 68.3 cm³/mol. The van der Waals surface area contributed by atoms with Crippen LogP contribution in [0.5, 0.6) is 0 Å². The molecule has 2 atom stereocenters. The minimum absolute atomic E-state index is 0.0556. The molecule has 1 amide bonds. The molecule has 0 fully saturated rings. The van der Waals surface area contributed by atoms with E-state index in [1.54, 1.807) is 11.3 Å². The predicted octanol–water partition coefficient (Wildman–Crippen LogP) is 2.05. The van der Waals surface area contributed by atoms with Gasteiger partial charge in [-0.25, -0.2) is 0 Å². The molecule has 0 saturated heterocycles. The second-order valence-corrected chi connectivity index (χ2v) is 4.95. The van der Waals surface area contributed by atoms with E-state index < -0.39 is 6.04 Å². The highest BCUT2D eigenvalue weighted by Crippen LogP contribution is 2.13. The fourth-order valence-corrected chi connectivity index (χ4v) is 2.24. The van der Waals surface area contributed by atoms with Crippen LogP contribution in [0.15, 0.2) is 10.8 Å². The summed E-state index contributed by atoms with van der Waals surface area (Å²) in [4.78, 5) is 11.7. The zero-order valence-electron chi connectivity index (χ0n) is 10.1. The van der Waals surface area contributed by atoms with Gasteiger partial charge in [0, 0.05) is 6.54 Å². The van der Waals surface area contributed by atoms with Gasteiger partial charge in [0.15, 0.2) is 0 Å². The third-order valence-electron chi connectivity index (χ3n) is 2.97. The molecule has 0 bridgehead atoms. The lowest BCUT2D eigenvalue weighted by molar-refractivity contribution is -0.123. The van der Waals surface area contributed by atoms with Crippen LogP contribution in [0, 0.1) is 12.8 Å². The third kappa shape index (κ3) is 3.32. The van der Waals surface area contributed by atoms with Crippen LogP contribution >= 0.6 is 11.3 Å². The average molecular weight is 240 g/mol. The quantitative estimate of drug-likeness (QED) is 0.827. The van der Waals surface area contributed by atoms with E-state index in [0.29, 0.717) is 6.54 Å². The Bertz CT molecular complexity index is 349. The van der Waals surface area contributed by atoms with E-state index in [9.17, 15) is 4.79 Å². The van der Waals surface area contributed by atoms with Crippen molar-refractivity contribution in [3.63, 3.8) is 0 Å². The van der Waals surface area contributed by atoms with Gasteiger partial charge in [0.1, 0.15) is 0 Å². The van der Waals surface area contributed by atoms with Gasteiger partial charge in [-0.05, 0) is 34.7 Å². The maximum Gasteiger partial charge on any atom is 0.237 e. The number of hydrogen-bond donors (Lipinski definition) is 2. The molecule has 0 radical (unpaired) electrons. The topological polar surface area (TPSA) is 55.1 Å². The molecule has 1 heterocycles. The van der Waals surface area contributed by atoms with Crippen LogP contribution in [-0.4, -0.2) is 11.9 Å². The molecular weight excluding hydrogens is 220 g/mol. The van der Waals surface area contributed by atoms with Crippen molar-refractivity contribution < 1.29 is 4.79 Å². The molecule has 3 N–H and O–H groups in total. The average Bonchev–Trinajstić information content (AvgIpc) is 2.69. The van der Waals surface area contributed by atoms with Crippen LogP contribution in [0.3, 0.4) is 0 Å². The van der Waals surface area contributed by atoms with Crippen molar-refractivity contribution in [3.05, 3.63) is 21.9 Å². The Kier molecular flexibility index (Phi) is 4.96. The highest BCUT2D eigenvalue weighted by molar-refractivity contribution is 7.08. The van der Waals surface area contributed by atoms with Gasteiger partial charge < -0.3 is 11.1 Å². The summed E-state index contributed by atoms with van der Waals surface area (Å²) in [5, 5.41) is 7.02. The summed E-state index contributed by atoms with van der Waals surface area (Å²) >= 11 is 1.65. The van der Waals surface area contributed by atoms with Crippen molar-refractivity contribution >= 4 is 17.2 Å². The van der Waals surface area contributed by atoms with Crippen molar-refractivity contribution in [2.45, 2.75) is 39.8 Å². The monoisotopic (exact) mass is 240 g/mol. The number of carbonyl (C=O) groups excluding carboxylic acids is 1. The second kappa shape index (κ2) is 6.01. The molecule has 1 unspecified atom stereocenters. The Hall–Kier alpha value is -0.870. The number of thiophene rings is 1. The van der Waals surface area contributed by atoms with E-state index in [2.05, 4.69) is 16.1 Å². The largest absolute Gasteiger partial charge is 0.351 e. The Morgan fingerprint density at radius 3 is 2.75 bits per heavy atom. The molecule has 3 nitrogen and oxygen atoms in total. The molecule has 4 heteroatoms. The Labute approximate surface area is 101 Å². The SMILES string of the molecule is CCC(C)[C@H](N)C(=O)NCc1cscc1C. The number of nitrogens with two attached hydrogens (primary N) is 1. The maximum absolute atomic E-state index is 11.7. The van der Waals surface area contributed by atoms with Gasteiger partial charge in [0.25, 0.3) is 0 Å². The fourth-order valence-electron chi connectivity index (χ4n) is 1.38. The lowest BCUT2D eigenvalue weighted by Crippen LogP contribution is -2.44. The second-order valence-electron chi connectivity index (χ2n) is 4.21. The summed E-state index contributed by atoms with van der Waals surface area (Å²) in [6.45, 7) is 6.67. The van der Waals surface area contributed by atoms with E-state index in [0.717, 1.165) is 6.42 Å². The first kappa shape index (κ1) is 13.2. The fraction of sp³-hybridized carbons (Fsp3) is 0.583. The number of rotatable bonds is 5. The summed E-state index contributed by atoms with van der Waals surface area (Å²) in [7, 11) is 0. The van der Waals surface area contributed by atoms with E-state index in [-0.39, 0.29) is 11.8 Å². The van der Waals surface area contributed by atoms with Crippen molar-refractivity contribution in [3.8, 4) is 0 Å². The highest BCUT2D eigenvalue weighted by atomic mass is 32.1. The van der Waals surface area contributed by atoms with E-state index in [4.69, 9.17) is 5.73 Å².